The molecule has 10 bridgehead atoms. The summed E-state index contributed by atoms with van der Waals surface area (Å²) in [7, 11) is 0. The van der Waals surface area contributed by atoms with Crippen LogP contribution in [0.3, 0.4) is 0 Å². The molecule has 2 aliphatic carbocycles. The lowest BCUT2D eigenvalue weighted by Crippen LogP contribution is -2.34. The van der Waals surface area contributed by atoms with Crippen LogP contribution in [-0.4, -0.2) is 95.3 Å². The molecule has 0 amide bonds. The van der Waals surface area contributed by atoms with Gasteiger partial charge in [-0.1, -0.05) is 72.8 Å². The van der Waals surface area contributed by atoms with Gasteiger partial charge in [0.05, 0.1) is 45.7 Å². The Hall–Kier alpha value is -4.68. The first-order valence-corrected chi connectivity index (χ1v) is 20.7. The van der Waals surface area contributed by atoms with Crippen molar-refractivity contribution in [1.82, 2.24) is 0 Å². The lowest BCUT2D eigenvalue weighted by molar-refractivity contribution is -0.162. The van der Waals surface area contributed by atoms with Crippen molar-refractivity contribution in [1.29, 1.82) is 0 Å². The first kappa shape index (κ1) is 43.9. The lowest BCUT2D eigenvalue weighted by atomic mass is 9.82. The maximum absolute atomic E-state index is 13.1. The van der Waals surface area contributed by atoms with E-state index in [-0.39, 0.29) is 19.1 Å². The van der Waals surface area contributed by atoms with Crippen LogP contribution in [0.2, 0.25) is 0 Å². The van der Waals surface area contributed by atoms with E-state index in [4.69, 9.17) is 42.6 Å². The first-order valence-electron chi connectivity index (χ1n) is 20.7. The fraction of sp³-hybridized carbons (Fsp3) is 0.500. The van der Waals surface area contributed by atoms with Crippen LogP contribution in [0.25, 0.3) is 0 Å². The van der Waals surface area contributed by atoms with E-state index in [0.717, 1.165) is 50.5 Å². The van der Waals surface area contributed by atoms with Gasteiger partial charge in [-0.05, 0) is 93.3 Å². The van der Waals surface area contributed by atoms with Gasteiger partial charge in [-0.15, -0.1) is 0 Å². The number of fused-ring (bicyclic) bond motifs is 2. The third kappa shape index (κ3) is 13.2. The molecule has 0 aromatic heterocycles. The molecule has 0 saturated carbocycles. The molecule has 3 aromatic carbocycles. The van der Waals surface area contributed by atoms with Crippen molar-refractivity contribution in [2.24, 2.45) is 5.92 Å². The Morgan fingerprint density at radius 3 is 1.59 bits per heavy atom. The number of hydrogen-bond acceptors (Lipinski definition) is 11. The number of ether oxygens (including phenoxy) is 9. The van der Waals surface area contributed by atoms with Gasteiger partial charge in [0, 0.05) is 18.8 Å². The maximum atomic E-state index is 13.1. The minimum atomic E-state index is -0.658. The Balaban J connectivity index is 1.48. The molecule has 3 aliphatic rings. The van der Waals surface area contributed by atoms with E-state index in [1.807, 2.05) is 71.9 Å². The fourth-order valence-corrected chi connectivity index (χ4v) is 7.55. The SMILES string of the molecule is CC(C)(C)OC(=O)COc1c2cccc1Cc1cccc3c1OCCOCCOCCOCCOc1c(cccc1C2)CC1=CC=CC(C3)C1OCC(=O)OC(C)(C)C. The third-order valence-corrected chi connectivity index (χ3v) is 9.82. The Morgan fingerprint density at radius 1 is 0.593 bits per heavy atom. The Morgan fingerprint density at radius 2 is 1.05 bits per heavy atom. The highest BCUT2D eigenvalue weighted by Crippen LogP contribution is 2.39. The Kier molecular flexibility index (Phi) is 15.3. The van der Waals surface area contributed by atoms with E-state index in [0.29, 0.717) is 84.3 Å². The van der Waals surface area contributed by atoms with Gasteiger partial charge in [-0.25, -0.2) is 9.59 Å². The fourth-order valence-electron chi connectivity index (χ4n) is 7.55. The molecule has 59 heavy (non-hydrogen) atoms. The highest BCUT2D eigenvalue weighted by Gasteiger charge is 2.31. The zero-order chi connectivity index (χ0) is 41.8. The molecule has 318 valence electrons. The number of rotatable bonds is 6. The number of esters is 2. The minimum absolute atomic E-state index is 0.147. The normalized spacial score (nSPS) is 19.3. The summed E-state index contributed by atoms with van der Waals surface area (Å²) in [5.74, 6) is 1.08. The highest BCUT2D eigenvalue weighted by atomic mass is 16.6. The molecule has 1 heterocycles. The Bertz CT molecular complexity index is 1950. The van der Waals surface area contributed by atoms with Crippen molar-refractivity contribution < 1.29 is 52.2 Å². The molecule has 0 radical (unpaired) electrons. The van der Waals surface area contributed by atoms with Gasteiger partial charge >= 0.3 is 11.9 Å². The quantitative estimate of drug-likeness (QED) is 0.233. The summed E-state index contributed by atoms with van der Waals surface area (Å²) in [6.07, 6.45) is 7.83. The van der Waals surface area contributed by atoms with Crippen LogP contribution in [-0.2, 0) is 63.7 Å². The molecular weight excluding hydrogens is 753 g/mol. The molecule has 6 rings (SSSR count). The predicted molar refractivity (Wildman–Crippen MR) is 223 cm³/mol. The third-order valence-electron chi connectivity index (χ3n) is 9.82. The molecule has 11 heteroatoms. The van der Waals surface area contributed by atoms with Gasteiger partial charge < -0.3 is 42.6 Å². The number of para-hydroxylation sites is 3. The second-order valence-corrected chi connectivity index (χ2v) is 17.0. The molecule has 0 saturated heterocycles. The Labute approximate surface area is 348 Å². The van der Waals surface area contributed by atoms with Crippen LogP contribution < -0.4 is 14.2 Å². The van der Waals surface area contributed by atoms with Gasteiger partial charge in [0.15, 0.2) is 6.61 Å². The molecule has 0 N–H and O–H groups in total. The summed E-state index contributed by atoms with van der Waals surface area (Å²) in [6.45, 7) is 13.7. The largest absolute Gasteiger partial charge is 0.491 e. The summed E-state index contributed by atoms with van der Waals surface area (Å²) < 4.78 is 55.2. The average molecular weight is 813 g/mol. The summed E-state index contributed by atoms with van der Waals surface area (Å²) in [6, 6.07) is 18.4. The molecule has 1 aliphatic heterocycles. The van der Waals surface area contributed by atoms with Crippen LogP contribution in [0.4, 0.5) is 0 Å². The van der Waals surface area contributed by atoms with Crippen molar-refractivity contribution in [3.63, 3.8) is 0 Å². The van der Waals surface area contributed by atoms with Gasteiger partial charge in [0.25, 0.3) is 0 Å². The van der Waals surface area contributed by atoms with Gasteiger partial charge in [-0.2, -0.15) is 0 Å². The van der Waals surface area contributed by atoms with E-state index in [1.54, 1.807) is 0 Å². The van der Waals surface area contributed by atoms with Gasteiger partial charge in [0.1, 0.15) is 48.3 Å². The summed E-state index contributed by atoms with van der Waals surface area (Å²) in [5.41, 5.74) is 5.32. The molecular formula is C48H60O11. The van der Waals surface area contributed by atoms with Crippen molar-refractivity contribution in [2.75, 3.05) is 66.1 Å². The molecule has 2 unspecified atom stereocenters. The van der Waals surface area contributed by atoms with Crippen LogP contribution in [0.15, 0.2) is 78.4 Å². The second kappa shape index (κ2) is 20.5. The van der Waals surface area contributed by atoms with E-state index in [1.165, 1.54) is 0 Å². The first-order chi connectivity index (χ1) is 28.3. The van der Waals surface area contributed by atoms with Crippen molar-refractivity contribution >= 4 is 11.9 Å². The van der Waals surface area contributed by atoms with E-state index >= 15 is 0 Å². The predicted octanol–water partition coefficient (Wildman–Crippen LogP) is 7.35. The number of hydrogen-bond donors (Lipinski definition) is 0. The van der Waals surface area contributed by atoms with Crippen LogP contribution in [0.5, 0.6) is 17.2 Å². The zero-order valence-corrected chi connectivity index (χ0v) is 35.5. The maximum Gasteiger partial charge on any atom is 0.344 e. The summed E-state index contributed by atoms with van der Waals surface area (Å²) >= 11 is 0. The second-order valence-electron chi connectivity index (χ2n) is 17.0. The van der Waals surface area contributed by atoms with E-state index < -0.39 is 29.2 Å². The van der Waals surface area contributed by atoms with Gasteiger partial charge in [-0.3, -0.25) is 0 Å². The topological polar surface area (TPSA) is 117 Å². The number of benzene rings is 3. The standard InChI is InChI=1S/C48H60O11/c1-47(2,3)58-41(49)31-56-45-37-15-9-16-38(45)28-34-12-8-14-36-30-40-18-10-17-39(46(40)57-32-42(50)59-48(4,5)6)29-35-13-7-11-33(27-37)43(35)54-25-23-52-21-19-51-20-22-53-24-26-55-44(34)36/h7-18,37,45H,19-32H2,1-6H3. The number of carbonyl (C=O) groups is 2. The summed E-state index contributed by atoms with van der Waals surface area (Å²) in [5, 5.41) is 0. The number of carbonyl (C=O) groups excluding carboxylic acids is 2. The summed E-state index contributed by atoms with van der Waals surface area (Å²) in [4.78, 5) is 26.1. The zero-order valence-electron chi connectivity index (χ0n) is 35.5. The van der Waals surface area contributed by atoms with Crippen LogP contribution >= 0.6 is 0 Å². The average Bonchev–Trinajstić information content (AvgIpc) is 3.15. The van der Waals surface area contributed by atoms with Crippen LogP contribution in [0, 0.1) is 5.92 Å². The van der Waals surface area contributed by atoms with Crippen LogP contribution in [0.1, 0.15) is 74.9 Å². The van der Waals surface area contributed by atoms with Crippen molar-refractivity contribution in [3.8, 4) is 17.2 Å². The minimum Gasteiger partial charge on any atom is -0.491 e. The van der Waals surface area contributed by atoms with Crippen molar-refractivity contribution in [2.45, 2.75) is 84.5 Å². The van der Waals surface area contributed by atoms with Crippen molar-refractivity contribution in [3.05, 3.63) is 112 Å². The lowest BCUT2D eigenvalue weighted by Gasteiger charge is -2.31. The molecule has 0 fully saturated rings. The van der Waals surface area contributed by atoms with Gasteiger partial charge in [0.2, 0.25) is 0 Å². The smallest absolute Gasteiger partial charge is 0.344 e. The van der Waals surface area contributed by atoms with E-state index in [2.05, 4.69) is 42.5 Å². The van der Waals surface area contributed by atoms with E-state index in [9.17, 15) is 9.59 Å². The molecule has 0 spiro atoms. The molecule has 2 atom stereocenters. The monoisotopic (exact) mass is 812 g/mol. The number of allylic oxidation sites excluding steroid dienone is 2. The molecule has 3 aromatic rings. The highest BCUT2D eigenvalue weighted by molar-refractivity contribution is 5.72. The molecule has 11 nitrogen and oxygen atoms in total.